The van der Waals surface area contributed by atoms with Gasteiger partial charge in [0.1, 0.15) is 0 Å². The number of amides is 1. The van der Waals surface area contributed by atoms with Crippen molar-refractivity contribution >= 4 is 5.91 Å². The molecule has 3 heterocycles. The van der Waals surface area contributed by atoms with Gasteiger partial charge in [0.25, 0.3) is 5.91 Å². The molecule has 2 aliphatic heterocycles. The first-order valence-corrected chi connectivity index (χ1v) is 8.69. The molecule has 0 bridgehead atoms. The van der Waals surface area contributed by atoms with Crippen LogP contribution in [0.5, 0.6) is 0 Å². The molecule has 0 radical (unpaired) electrons. The second-order valence-electron chi connectivity index (χ2n) is 6.96. The lowest BCUT2D eigenvalue weighted by atomic mass is 9.79. The highest BCUT2D eigenvalue weighted by molar-refractivity contribution is 5.91. The molecule has 3 rings (SSSR count). The van der Waals surface area contributed by atoms with Crippen molar-refractivity contribution in [2.45, 2.75) is 39.0 Å². The zero-order valence-electron chi connectivity index (χ0n) is 14.0. The number of nitrogens with zero attached hydrogens (tertiary/aromatic N) is 2. The SMILES string of the molecule is Cc1cc(C(=O)NCC2(CN3CCCCC3)CCOCC2)on1. The summed E-state index contributed by atoms with van der Waals surface area (Å²) in [5.74, 6) is 0.123. The van der Waals surface area contributed by atoms with Gasteiger partial charge < -0.3 is 19.5 Å². The first-order valence-electron chi connectivity index (χ1n) is 8.69. The molecule has 1 aromatic heterocycles. The third-order valence-electron chi connectivity index (χ3n) is 5.04. The van der Waals surface area contributed by atoms with E-state index in [-0.39, 0.29) is 11.3 Å². The molecule has 0 aliphatic carbocycles. The van der Waals surface area contributed by atoms with Crippen molar-refractivity contribution in [1.82, 2.24) is 15.4 Å². The summed E-state index contributed by atoms with van der Waals surface area (Å²) in [6.45, 7) is 7.46. The van der Waals surface area contributed by atoms with Crippen LogP contribution in [-0.4, -0.2) is 55.4 Å². The van der Waals surface area contributed by atoms with Gasteiger partial charge in [-0.15, -0.1) is 0 Å². The van der Waals surface area contributed by atoms with Crippen LogP contribution in [0, 0.1) is 12.3 Å². The zero-order valence-corrected chi connectivity index (χ0v) is 14.0. The summed E-state index contributed by atoms with van der Waals surface area (Å²) in [6.07, 6.45) is 5.92. The average Bonchev–Trinajstić information content (AvgIpc) is 3.01. The largest absolute Gasteiger partial charge is 0.381 e. The number of likely N-dealkylation sites (tertiary alicyclic amines) is 1. The number of carbonyl (C=O) groups excluding carboxylic acids is 1. The third-order valence-corrected chi connectivity index (χ3v) is 5.04. The molecule has 0 atom stereocenters. The minimum atomic E-state index is -0.171. The fourth-order valence-corrected chi connectivity index (χ4v) is 3.61. The molecule has 0 spiro atoms. The molecule has 23 heavy (non-hydrogen) atoms. The molecule has 1 aromatic rings. The Balaban J connectivity index is 1.60. The van der Waals surface area contributed by atoms with Crippen molar-refractivity contribution in [1.29, 1.82) is 0 Å². The van der Waals surface area contributed by atoms with E-state index in [2.05, 4.69) is 15.4 Å². The highest BCUT2D eigenvalue weighted by atomic mass is 16.5. The topological polar surface area (TPSA) is 67.6 Å². The van der Waals surface area contributed by atoms with Crippen LogP contribution >= 0.6 is 0 Å². The van der Waals surface area contributed by atoms with Crippen LogP contribution in [0.1, 0.15) is 48.4 Å². The normalized spacial score (nSPS) is 22.0. The van der Waals surface area contributed by atoms with Gasteiger partial charge in [0.2, 0.25) is 5.76 Å². The van der Waals surface area contributed by atoms with Gasteiger partial charge in [-0.05, 0) is 45.7 Å². The molecule has 128 valence electrons. The zero-order chi connectivity index (χ0) is 16.1. The summed E-state index contributed by atoms with van der Waals surface area (Å²) in [5, 5.41) is 6.84. The minimum absolute atomic E-state index is 0.111. The van der Waals surface area contributed by atoms with E-state index in [4.69, 9.17) is 9.26 Å². The predicted octanol–water partition coefficient (Wildman–Crippen LogP) is 2.00. The number of aryl methyl sites for hydroxylation is 1. The molecule has 1 amide bonds. The molecule has 0 unspecified atom stereocenters. The van der Waals surface area contributed by atoms with Crippen molar-refractivity contribution in [3.05, 3.63) is 17.5 Å². The maximum Gasteiger partial charge on any atom is 0.289 e. The number of nitrogens with one attached hydrogen (secondary N) is 1. The molecule has 6 nitrogen and oxygen atoms in total. The first kappa shape index (κ1) is 16.5. The number of piperidine rings is 1. The van der Waals surface area contributed by atoms with Gasteiger partial charge in [-0.2, -0.15) is 0 Å². The molecular formula is C17H27N3O3. The van der Waals surface area contributed by atoms with Gasteiger partial charge in [0, 0.05) is 37.8 Å². The smallest absolute Gasteiger partial charge is 0.289 e. The van der Waals surface area contributed by atoms with E-state index in [1.54, 1.807) is 6.07 Å². The minimum Gasteiger partial charge on any atom is -0.381 e. The number of aromatic nitrogens is 1. The summed E-state index contributed by atoms with van der Waals surface area (Å²) in [7, 11) is 0. The summed E-state index contributed by atoms with van der Waals surface area (Å²) < 4.78 is 10.6. The van der Waals surface area contributed by atoms with Gasteiger partial charge in [0.05, 0.1) is 5.69 Å². The van der Waals surface area contributed by atoms with Gasteiger partial charge in [-0.25, -0.2) is 0 Å². The Morgan fingerprint density at radius 2 is 2.04 bits per heavy atom. The van der Waals surface area contributed by atoms with Crippen LogP contribution < -0.4 is 5.32 Å². The van der Waals surface area contributed by atoms with Crippen LogP contribution in [0.2, 0.25) is 0 Å². The lowest BCUT2D eigenvalue weighted by Gasteiger charge is -2.42. The van der Waals surface area contributed by atoms with E-state index in [1.807, 2.05) is 6.92 Å². The van der Waals surface area contributed by atoms with Crippen molar-refractivity contribution in [2.75, 3.05) is 39.4 Å². The fraction of sp³-hybridized carbons (Fsp3) is 0.765. The summed E-state index contributed by atoms with van der Waals surface area (Å²) in [6, 6.07) is 1.68. The summed E-state index contributed by atoms with van der Waals surface area (Å²) in [4.78, 5) is 14.8. The summed E-state index contributed by atoms with van der Waals surface area (Å²) >= 11 is 0. The highest BCUT2D eigenvalue weighted by Crippen LogP contribution is 2.32. The number of carbonyl (C=O) groups is 1. The molecular weight excluding hydrogens is 294 g/mol. The standard InChI is InChI=1S/C17H27N3O3/c1-14-11-15(23-19-14)16(21)18-12-17(5-9-22-10-6-17)13-20-7-3-2-4-8-20/h11H,2-10,12-13H2,1H3,(H,18,21). The van der Waals surface area contributed by atoms with Crippen molar-refractivity contribution in [3.8, 4) is 0 Å². The van der Waals surface area contributed by atoms with Crippen molar-refractivity contribution in [3.63, 3.8) is 0 Å². The van der Waals surface area contributed by atoms with E-state index in [0.717, 1.165) is 38.3 Å². The van der Waals surface area contributed by atoms with Crippen molar-refractivity contribution in [2.24, 2.45) is 5.41 Å². The Morgan fingerprint density at radius 1 is 1.30 bits per heavy atom. The monoisotopic (exact) mass is 321 g/mol. The Kier molecular flexibility index (Phi) is 5.33. The van der Waals surface area contributed by atoms with E-state index < -0.39 is 0 Å². The van der Waals surface area contributed by atoms with Crippen molar-refractivity contribution < 1.29 is 14.1 Å². The molecule has 2 fully saturated rings. The number of ether oxygens (including phenoxy) is 1. The van der Waals surface area contributed by atoms with Crippen LogP contribution in [0.4, 0.5) is 0 Å². The molecule has 2 saturated heterocycles. The van der Waals surface area contributed by atoms with Crippen LogP contribution in [0.3, 0.4) is 0 Å². The molecule has 0 saturated carbocycles. The predicted molar refractivity (Wildman–Crippen MR) is 86.4 cm³/mol. The highest BCUT2D eigenvalue weighted by Gasteiger charge is 2.35. The van der Waals surface area contributed by atoms with E-state index >= 15 is 0 Å². The Hall–Kier alpha value is -1.40. The second kappa shape index (κ2) is 7.45. The first-order chi connectivity index (χ1) is 11.2. The van der Waals surface area contributed by atoms with Crippen LogP contribution in [0.25, 0.3) is 0 Å². The van der Waals surface area contributed by atoms with Crippen LogP contribution in [0.15, 0.2) is 10.6 Å². The lowest BCUT2D eigenvalue weighted by Crippen LogP contribution is -2.49. The lowest BCUT2D eigenvalue weighted by molar-refractivity contribution is -0.00685. The maximum absolute atomic E-state index is 12.2. The van der Waals surface area contributed by atoms with E-state index in [0.29, 0.717) is 12.3 Å². The quantitative estimate of drug-likeness (QED) is 0.898. The molecule has 1 N–H and O–H groups in total. The van der Waals surface area contributed by atoms with Gasteiger partial charge in [0.15, 0.2) is 0 Å². The van der Waals surface area contributed by atoms with E-state index in [1.165, 1.54) is 32.4 Å². The van der Waals surface area contributed by atoms with Gasteiger partial charge in [-0.1, -0.05) is 11.6 Å². The average molecular weight is 321 g/mol. The number of hydrogen-bond acceptors (Lipinski definition) is 5. The second-order valence-corrected chi connectivity index (χ2v) is 6.96. The van der Waals surface area contributed by atoms with Gasteiger partial charge >= 0.3 is 0 Å². The molecule has 6 heteroatoms. The van der Waals surface area contributed by atoms with Gasteiger partial charge in [-0.3, -0.25) is 4.79 Å². The number of rotatable bonds is 5. The van der Waals surface area contributed by atoms with E-state index in [9.17, 15) is 4.79 Å². The Labute approximate surface area is 137 Å². The molecule has 2 aliphatic rings. The van der Waals surface area contributed by atoms with Crippen LogP contribution in [-0.2, 0) is 4.74 Å². The summed E-state index contributed by atoms with van der Waals surface area (Å²) in [5.41, 5.74) is 0.838. The fourth-order valence-electron chi connectivity index (χ4n) is 3.61. The third kappa shape index (κ3) is 4.32. The Bertz CT molecular complexity index is 517. The Morgan fingerprint density at radius 3 is 2.70 bits per heavy atom. The number of hydrogen-bond donors (Lipinski definition) is 1. The molecule has 0 aromatic carbocycles. The maximum atomic E-state index is 12.2.